The molecule has 4 rings (SSSR count). The van der Waals surface area contributed by atoms with Crippen LogP contribution in [0, 0.1) is 0 Å². The minimum atomic E-state index is 0.133. The van der Waals surface area contributed by atoms with Crippen LogP contribution >= 0.6 is 0 Å². The summed E-state index contributed by atoms with van der Waals surface area (Å²) in [5.41, 5.74) is 4.06. The van der Waals surface area contributed by atoms with E-state index in [1.807, 2.05) is 47.1 Å². The molecule has 29 heavy (non-hydrogen) atoms. The highest BCUT2D eigenvalue weighted by atomic mass is 16.2. The second-order valence-electron chi connectivity index (χ2n) is 8.01. The van der Waals surface area contributed by atoms with Crippen LogP contribution in [-0.2, 0) is 6.54 Å². The Morgan fingerprint density at radius 2 is 1.72 bits per heavy atom. The Bertz CT molecular complexity index is 923. The summed E-state index contributed by atoms with van der Waals surface area (Å²) in [6.07, 6.45) is 11.0. The quantitative estimate of drug-likeness (QED) is 0.550. The predicted molar refractivity (Wildman–Crippen MR) is 117 cm³/mol. The molecule has 1 amide bonds. The van der Waals surface area contributed by atoms with Crippen LogP contribution in [0.15, 0.2) is 67.0 Å². The lowest BCUT2D eigenvalue weighted by Gasteiger charge is -2.28. The van der Waals surface area contributed by atoms with Crippen molar-refractivity contribution in [1.82, 2.24) is 14.7 Å². The van der Waals surface area contributed by atoms with E-state index in [0.717, 1.165) is 36.1 Å². The minimum Gasteiger partial charge on any atom is -0.339 e. The average Bonchev–Trinajstić information content (AvgIpc) is 3.12. The van der Waals surface area contributed by atoms with Gasteiger partial charge in [-0.15, -0.1) is 0 Å². The highest BCUT2D eigenvalue weighted by molar-refractivity contribution is 6.00. The van der Waals surface area contributed by atoms with E-state index < -0.39 is 0 Å². The SMILES string of the molecule is CN(C(=O)c1ccccc1-c1ccc(Cn2cccn2)cc1)C1CCCCCC1. The Hall–Kier alpha value is -2.88. The highest BCUT2D eigenvalue weighted by Crippen LogP contribution is 2.28. The summed E-state index contributed by atoms with van der Waals surface area (Å²) in [5, 5.41) is 4.27. The standard InChI is InChI=1S/C25H29N3O/c1-27(22-9-4-2-3-5-10-22)25(29)24-12-7-6-11-23(24)21-15-13-20(14-16-21)19-28-18-8-17-26-28/h6-8,11-18,22H,2-5,9-10,19H2,1H3. The lowest BCUT2D eigenvalue weighted by atomic mass is 9.97. The summed E-state index contributed by atoms with van der Waals surface area (Å²) in [6.45, 7) is 0.748. The summed E-state index contributed by atoms with van der Waals surface area (Å²) in [7, 11) is 1.97. The van der Waals surface area contributed by atoms with Crippen LogP contribution in [0.4, 0.5) is 0 Å². The van der Waals surface area contributed by atoms with Gasteiger partial charge in [0, 0.05) is 31.0 Å². The molecule has 0 radical (unpaired) electrons. The third kappa shape index (κ3) is 4.58. The van der Waals surface area contributed by atoms with Crippen LogP contribution in [0.2, 0.25) is 0 Å². The summed E-state index contributed by atoms with van der Waals surface area (Å²) in [5.74, 6) is 0.133. The van der Waals surface area contributed by atoms with Crippen LogP contribution in [0.25, 0.3) is 11.1 Å². The number of hydrogen-bond donors (Lipinski definition) is 0. The van der Waals surface area contributed by atoms with Crippen molar-refractivity contribution in [3.63, 3.8) is 0 Å². The first-order chi connectivity index (χ1) is 14.2. The third-order valence-electron chi connectivity index (χ3n) is 6.02. The molecule has 0 spiro atoms. The molecule has 4 heteroatoms. The van der Waals surface area contributed by atoms with Crippen molar-refractivity contribution in [1.29, 1.82) is 0 Å². The van der Waals surface area contributed by atoms with Crippen LogP contribution < -0.4 is 0 Å². The zero-order chi connectivity index (χ0) is 20.1. The van der Waals surface area contributed by atoms with Gasteiger partial charge in [0.2, 0.25) is 0 Å². The molecule has 1 saturated carbocycles. The van der Waals surface area contributed by atoms with E-state index in [1.54, 1.807) is 6.20 Å². The fourth-order valence-corrected chi connectivity index (χ4v) is 4.29. The molecule has 3 aromatic rings. The Morgan fingerprint density at radius 1 is 1.00 bits per heavy atom. The molecule has 1 aliphatic rings. The molecular formula is C25H29N3O. The Balaban J connectivity index is 1.55. The van der Waals surface area contributed by atoms with Gasteiger partial charge in [-0.05, 0) is 41.7 Å². The monoisotopic (exact) mass is 387 g/mol. The fraction of sp³-hybridized carbons (Fsp3) is 0.360. The van der Waals surface area contributed by atoms with Gasteiger partial charge >= 0.3 is 0 Å². The van der Waals surface area contributed by atoms with Crippen molar-refractivity contribution < 1.29 is 4.79 Å². The molecule has 0 aliphatic heterocycles. The van der Waals surface area contributed by atoms with Gasteiger partial charge in [0.05, 0.1) is 6.54 Å². The number of carbonyl (C=O) groups excluding carboxylic acids is 1. The first-order valence-electron chi connectivity index (χ1n) is 10.7. The van der Waals surface area contributed by atoms with Crippen molar-refractivity contribution in [2.24, 2.45) is 0 Å². The predicted octanol–water partition coefficient (Wildman–Crippen LogP) is 5.39. The number of aromatic nitrogens is 2. The van der Waals surface area contributed by atoms with Crippen LogP contribution in [0.5, 0.6) is 0 Å². The number of carbonyl (C=O) groups is 1. The number of hydrogen-bond acceptors (Lipinski definition) is 2. The third-order valence-corrected chi connectivity index (χ3v) is 6.02. The number of nitrogens with zero attached hydrogens (tertiary/aromatic N) is 3. The number of amides is 1. The van der Waals surface area contributed by atoms with Gasteiger partial charge in [0.25, 0.3) is 5.91 Å². The van der Waals surface area contributed by atoms with Gasteiger partial charge in [0.15, 0.2) is 0 Å². The molecule has 0 bridgehead atoms. The summed E-state index contributed by atoms with van der Waals surface area (Å²) in [4.78, 5) is 15.3. The van der Waals surface area contributed by atoms with Gasteiger partial charge in [-0.1, -0.05) is 68.1 Å². The van der Waals surface area contributed by atoms with Crippen LogP contribution in [-0.4, -0.2) is 33.7 Å². The lowest BCUT2D eigenvalue weighted by Crippen LogP contribution is -2.37. The maximum Gasteiger partial charge on any atom is 0.254 e. The molecule has 0 unspecified atom stereocenters. The summed E-state index contributed by atoms with van der Waals surface area (Å²) < 4.78 is 1.91. The van der Waals surface area contributed by atoms with Crippen molar-refractivity contribution >= 4 is 5.91 Å². The Labute approximate surface area is 173 Å². The smallest absolute Gasteiger partial charge is 0.254 e. The summed E-state index contributed by atoms with van der Waals surface area (Å²) in [6, 6.07) is 18.7. The zero-order valence-electron chi connectivity index (χ0n) is 17.1. The van der Waals surface area contributed by atoms with E-state index in [9.17, 15) is 4.79 Å². The molecular weight excluding hydrogens is 358 g/mol. The van der Waals surface area contributed by atoms with Gasteiger partial charge in [-0.2, -0.15) is 5.10 Å². The lowest BCUT2D eigenvalue weighted by molar-refractivity contribution is 0.0718. The molecule has 1 aromatic heterocycles. The van der Waals surface area contributed by atoms with Crippen molar-refractivity contribution in [2.75, 3.05) is 7.05 Å². The van der Waals surface area contributed by atoms with E-state index in [4.69, 9.17) is 0 Å². The molecule has 1 heterocycles. The minimum absolute atomic E-state index is 0.133. The average molecular weight is 388 g/mol. The molecule has 0 N–H and O–H groups in total. The fourth-order valence-electron chi connectivity index (χ4n) is 4.29. The van der Waals surface area contributed by atoms with Gasteiger partial charge in [-0.3, -0.25) is 9.48 Å². The second-order valence-corrected chi connectivity index (χ2v) is 8.01. The molecule has 1 aliphatic carbocycles. The van der Waals surface area contributed by atoms with E-state index in [0.29, 0.717) is 6.04 Å². The topological polar surface area (TPSA) is 38.1 Å². The molecule has 1 fully saturated rings. The zero-order valence-corrected chi connectivity index (χ0v) is 17.1. The Morgan fingerprint density at radius 3 is 2.41 bits per heavy atom. The van der Waals surface area contributed by atoms with E-state index in [1.165, 1.54) is 31.2 Å². The van der Waals surface area contributed by atoms with Gasteiger partial charge in [-0.25, -0.2) is 0 Å². The Kier molecular flexibility index (Phi) is 6.09. The van der Waals surface area contributed by atoms with Crippen LogP contribution in [0.3, 0.4) is 0 Å². The van der Waals surface area contributed by atoms with Gasteiger partial charge in [0.1, 0.15) is 0 Å². The molecule has 0 saturated heterocycles. The first kappa shape index (κ1) is 19.4. The van der Waals surface area contributed by atoms with E-state index in [-0.39, 0.29) is 5.91 Å². The molecule has 0 atom stereocenters. The van der Waals surface area contributed by atoms with E-state index in [2.05, 4.69) is 35.4 Å². The van der Waals surface area contributed by atoms with Crippen LogP contribution in [0.1, 0.15) is 54.4 Å². The van der Waals surface area contributed by atoms with Crippen molar-refractivity contribution in [3.05, 3.63) is 78.1 Å². The van der Waals surface area contributed by atoms with Crippen molar-refractivity contribution in [2.45, 2.75) is 51.1 Å². The largest absolute Gasteiger partial charge is 0.339 e. The number of benzene rings is 2. The number of rotatable bonds is 5. The van der Waals surface area contributed by atoms with Crippen molar-refractivity contribution in [3.8, 4) is 11.1 Å². The highest BCUT2D eigenvalue weighted by Gasteiger charge is 2.24. The normalized spacial score (nSPS) is 15.1. The first-order valence-corrected chi connectivity index (χ1v) is 10.7. The summed E-state index contributed by atoms with van der Waals surface area (Å²) >= 11 is 0. The molecule has 4 nitrogen and oxygen atoms in total. The van der Waals surface area contributed by atoms with E-state index >= 15 is 0 Å². The maximum absolute atomic E-state index is 13.3. The van der Waals surface area contributed by atoms with Gasteiger partial charge < -0.3 is 4.90 Å². The maximum atomic E-state index is 13.3. The molecule has 2 aromatic carbocycles. The molecule has 150 valence electrons. The second kappa shape index (κ2) is 9.08.